The largest absolute Gasteiger partial charge is 0.245 e. The fourth-order valence-electron chi connectivity index (χ4n) is 1.60. The van der Waals surface area contributed by atoms with Crippen LogP contribution in [0.5, 0.6) is 0 Å². The Kier molecular flexibility index (Phi) is 2.36. The first-order chi connectivity index (χ1) is 8.24. The molecular formula is C11H8BrN5. The highest BCUT2D eigenvalue weighted by Crippen LogP contribution is 2.18. The Labute approximate surface area is 106 Å². The first-order valence-electron chi connectivity index (χ1n) is 5.03. The molecule has 3 aromatic rings. The van der Waals surface area contributed by atoms with Crippen molar-refractivity contribution in [3.05, 3.63) is 40.9 Å². The number of nitrogens with zero attached hydrogens (tertiary/aromatic N) is 5. The van der Waals surface area contributed by atoms with Crippen molar-refractivity contribution in [1.82, 2.24) is 24.6 Å². The Morgan fingerprint density at radius 1 is 1.29 bits per heavy atom. The Morgan fingerprint density at radius 3 is 2.94 bits per heavy atom. The summed E-state index contributed by atoms with van der Waals surface area (Å²) < 4.78 is 2.62. The lowest BCUT2D eigenvalue weighted by Crippen LogP contribution is -1.91. The third-order valence-electron chi connectivity index (χ3n) is 2.35. The lowest BCUT2D eigenvalue weighted by atomic mass is 10.3. The summed E-state index contributed by atoms with van der Waals surface area (Å²) in [6.07, 6.45) is 3.16. The van der Waals surface area contributed by atoms with Crippen molar-refractivity contribution in [2.24, 2.45) is 0 Å². The van der Waals surface area contributed by atoms with Gasteiger partial charge < -0.3 is 0 Å². The van der Waals surface area contributed by atoms with E-state index in [0.29, 0.717) is 11.5 Å². The Morgan fingerprint density at radius 2 is 2.18 bits per heavy atom. The lowest BCUT2D eigenvalue weighted by molar-refractivity contribution is 0.932. The topological polar surface area (TPSA) is 56.0 Å². The van der Waals surface area contributed by atoms with Crippen molar-refractivity contribution in [2.75, 3.05) is 0 Å². The van der Waals surface area contributed by atoms with E-state index in [-0.39, 0.29) is 0 Å². The molecule has 0 bridgehead atoms. The summed E-state index contributed by atoms with van der Waals surface area (Å²) in [5, 5.41) is 4.39. The van der Waals surface area contributed by atoms with Crippen LogP contribution in [0.4, 0.5) is 0 Å². The quantitative estimate of drug-likeness (QED) is 0.645. The highest BCUT2D eigenvalue weighted by molar-refractivity contribution is 9.10. The van der Waals surface area contributed by atoms with Gasteiger partial charge in [-0.25, -0.2) is 19.5 Å². The molecule has 0 saturated heterocycles. The van der Waals surface area contributed by atoms with Crippen LogP contribution in [0.2, 0.25) is 0 Å². The zero-order valence-corrected chi connectivity index (χ0v) is 10.6. The summed E-state index contributed by atoms with van der Waals surface area (Å²) in [5.41, 5.74) is 2.64. The zero-order chi connectivity index (χ0) is 11.8. The molecule has 0 spiro atoms. The standard InChI is InChI=1S/C11H8BrN5/c1-7-4-9(12)17-10(5-7)15-11(16-17)8-2-3-13-6-14-8/h2-6H,1H3. The van der Waals surface area contributed by atoms with Crippen molar-refractivity contribution in [1.29, 1.82) is 0 Å². The summed E-state index contributed by atoms with van der Waals surface area (Å²) >= 11 is 3.46. The molecule has 3 rings (SSSR count). The number of aromatic nitrogens is 5. The predicted molar refractivity (Wildman–Crippen MR) is 66.5 cm³/mol. The van der Waals surface area contributed by atoms with Crippen LogP contribution in [0.25, 0.3) is 17.2 Å². The van der Waals surface area contributed by atoms with Crippen LogP contribution in [-0.2, 0) is 0 Å². The molecule has 0 atom stereocenters. The number of hydrogen-bond donors (Lipinski definition) is 0. The molecule has 5 nitrogen and oxygen atoms in total. The van der Waals surface area contributed by atoms with Crippen LogP contribution in [0.1, 0.15) is 5.56 Å². The van der Waals surface area contributed by atoms with E-state index >= 15 is 0 Å². The molecular weight excluding hydrogens is 282 g/mol. The number of pyridine rings is 1. The maximum atomic E-state index is 4.44. The average Bonchev–Trinajstić information content (AvgIpc) is 2.74. The molecule has 0 fully saturated rings. The number of hydrogen-bond acceptors (Lipinski definition) is 4. The van der Waals surface area contributed by atoms with E-state index in [1.807, 2.05) is 19.1 Å². The van der Waals surface area contributed by atoms with Crippen molar-refractivity contribution in [3.8, 4) is 11.5 Å². The van der Waals surface area contributed by atoms with Gasteiger partial charge in [0, 0.05) is 6.20 Å². The summed E-state index contributed by atoms with van der Waals surface area (Å²) in [7, 11) is 0. The molecule has 0 radical (unpaired) electrons. The molecule has 0 N–H and O–H groups in total. The predicted octanol–water partition coefficient (Wildman–Crippen LogP) is 2.26. The monoisotopic (exact) mass is 289 g/mol. The normalized spacial score (nSPS) is 10.9. The minimum atomic E-state index is 0.596. The van der Waals surface area contributed by atoms with Gasteiger partial charge in [0.05, 0.1) is 0 Å². The van der Waals surface area contributed by atoms with E-state index in [9.17, 15) is 0 Å². The fourth-order valence-corrected chi connectivity index (χ4v) is 2.22. The molecule has 3 aromatic heterocycles. The maximum Gasteiger partial charge on any atom is 0.200 e. The van der Waals surface area contributed by atoms with E-state index in [0.717, 1.165) is 15.8 Å². The first kappa shape index (κ1) is 10.3. The maximum absolute atomic E-state index is 4.44. The van der Waals surface area contributed by atoms with Gasteiger partial charge in [0.2, 0.25) is 5.82 Å². The third-order valence-corrected chi connectivity index (χ3v) is 2.91. The number of aryl methyl sites for hydroxylation is 1. The molecule has 17 heavy (non-hydrogen) atoms. The number of fused-ring (bicyclic) bond motifs is 1. The van der Waals surface area contributed by atoms with Crippen LogP contribution < -0.4 is 0 Å². The molecule has 0 aliphatic rings. The smallest absolute Gasteiger partial charge is 0.200 e. The summed E-state index contributed by atoms with van der Waals surface area (Å²) in [6, 6.07) is 5.75. The first-order valence-corrected chi connectivity index (χ1v) is 5.82. The van der Waals surface area contributed by atoms with Crippen LogP contribution in [0.3, 0.4) is 0 Å². The van der Waals surface area contributed by atoms with Crippen molar-refractivity contribution >= 4 is 21.6 Å². The minimum Gasteiger partial charge on any atom is -0.245 e. The van der Waals surface area contributed by atoms with Crippen molar-refractivity contribution < 1.29 is 0 Å². The lowest BCUT2D eigenvalue weighted by Gasteiger charge is -1.96. The third kappa shape index (κ3) is 1.80. The molecule has 0 unspecified atom stereocenters. The second-order valence-electron chi connectivity index (χ2n) is 3.66. The minimum absolute atomic E-state index is 0.596. The molecule has 6 heteroatoms. The highest BCUT2D eigenvalue weighted by Gasteiger charge is 2.09. The molecule has 0 aliphatic heterocycles. The summed E-state index contributed by atoms with van der Waals surface area (Å²) in [6.45, 7) is 2.02. The Balaban J connectivity index is 2.24. The molecule has 0 aliphatic carbocycles. The van der Waals surface area contributed by atoms with Gasteiger partial charge in [-0.05, 0) is 46.6 Å². The zero-order valence-electron chi connectivity index (χ0n) is 9.00. The van der Waals surface area contributed by atoms with Crippen molar-refractivity contribution in [3.63, 3.8) is 0 Å². The van der Waals surface area contributed by atoms with Gasteiger partial charge in [-0.15, -0.1) is 5.10 Å². The Hall–Kier alpha value is -1.82. The van der Waals surface area contributed by atoms with Gasteiger partial charge in [0.1, 0.15) is 16.6 Å². The Bertz CT molecular complexity index is 677. The van der Waals surface area contributed by atoms with Crippen LogP contribution in [-0.4, -0.2) is 24.6 Å². The summed E-state index contributed by atoms with van der Waals surface area (Å²) in [4.78, 5) is 12.4. The molecule has 84 valence electrons. The molecule has 3 heterocycles. The van der Waals surface area contributed by atoms with E-state index in [1.165, 1.54) is 6.33 Å². The van der Waals surface area contributed by atoms with Gasteiger partial charge in [0.15, 0.2) is 5.65 Å². The second kappa shape index (κ2) is 3.89. The summed E-state index contributed by atoms with van der Waals surface area (Å²) in [5.74, 6) is 0.596. The molecule has 0 saturated carbocycles. The number of rotatable bonds is 1. The second-order valence-corrected chi connectivity index (χ2v) is 4.47. The van der Waals surface area contributed by atoms with E-state index < -0.39 is 0 Å². The van der Waals surface area contributed by atoms with Crippen LogP contribution in [0.15, 0.2) is 35.3 Å². The van der Waals surface area contributed by atoms with E-state index in [2.05, 4.69) is 36.0 Å². The van der Waals surface area contributed by atoms with E-state index in [4.69, 9.17) is 0 Å². The van der Waals surface area contributed by atoms with Crippen molar-refractivity contribution in [2.45, 2.75) is 6.92 Å². The van der Waals surface area contributed by atoms with Gasteiger partial charge in [-0.2, -0.15) is 0 Å². The SMILES string of the molecule is Cc1cc(Br)n2nc(-c3ccncn3)nc2c1. The fraction of sp³-hybridized carbons (Fsp3) is 0.0909. The van der Waals surface area contributed by atoms with Gasteiger partial charge in [0.25, 0.3) is 0 Å². The molecule has 0 amide bonds. The highest BCUT2D eigenvalue weighted by atomic mass is 79.9. The van der Waals surface area contributed by atoms with Gasteiger partial charge >= 0.3 is 0 Å². The van der Waals surface area contributed by atoms with Crippen LogP contribution >= 0.6 is 15.9 Å². The van der Waals surface area contributed by atoms with Gasteiger partial charge in [-0.1, -0.05) is 0 Å². The average molecular weight is 290 g/mol. The molecule has 0 aromatic carbocycles. The number of halogens is 1. The van der Waals surface area contributed by atoms with Gasteiger partial charge in [-0.3, -0.25) is 0 Å². The van der Waals surface area contributed by atoms with E-state index in [1.54, 1.807) is 16.8 Å². The van der Waals surface area contributed by atoms with Crippen LogP contribution in [0, 0.1) is 6.92 Å².